The summed E-state index contributed by atoms with van der Waals surface area (Å²) in [6.07, 6.45) is 0. The van der Waals surface area contributed by atoms with Gasteiger partial charge in [0.1, 0.15) is 5.75 Å². The van der Waals surface area contributed by atoms with Gasteiger partial charge in [0.05, 0.1) is 7.11 Å². The Balaban J connectivity index is 2.58. The fourth-order valence-electron chi connectivity index (χ4n) is 2.89. The van der Waals surface area contributed by atoms with Crippen molar-refractivity contribution in [2.24, 2.45) is 0 Å². The zero-order valence-electron chi connectivity index (χ0n) is 13.9. The summed E-state index contributed by atoms with van der Waals surface area (Å²) in [5, 5.41) is 0. The van der Waals surface area contributed by atoms with Crippen molar-refractivity contribution in [3.05, 3.63) is 69.8 Å². The summed E-state index contributed by atoms with van der Waals surface area (Å²) < 4.78 is 5.23. The lowest BCUT2D eigenvalue weighted by Crippen LogP contribution is -2.02. The molecular weight excluding hydrogens is 256 g/mol. The Morgan fingerprint density at radius 2 is 1.19 bits per heavy atom. The molecule has 0 aromatic heterocycles. The van der Waals surface area contributed by atoms with Crippen LogP contribution in [0, 0.1) is 34.6 Å². The van der Waals surface area contributed by atoms with Crippen LogP contribution in [0.1, 0.15) is 38.9 Å². The van der Waals surface area contributed by atoms with E-state index in [0.717, 1.165) is 16.9 Å². The maximum Gasteiger partial charge on any atom is 0.118 e. The molecule has 110 valence electrons. The zero-order valence-corrected chi connectivity index (χ0v) is 13.9. The molecule has 2 aromatic carbocycles. The van der Waals surface area contributed by atoms with Gasteiger partial charge in [-0.2, -0.15) is 0 Å². The molecule has 0 saturated heterocycles. The first-order valence-corrected chi connectivity index (χ1v) is 7.29. The molecule has 2 rings (SSSR count). The normalized spacial score (nSPS) is 10.6. The smallest absolute Gasteiger partial charge is 0.118 e. The molecule has 0 unspecified atom stereocenters. The van der Waals surface area contributed by atoms with E-state index >= 15 is 0 Å². The summed E-state index contributed by atoms with van der Waals surface area (Å²) in [5.74, 6) is 0.872. The topological polar surface area (TPSA) is 9.23 Å². The Morgan fingerprint density at radius 1 is 0.762 bits per heavy atom. The van der Waals surface area contributed by atoms with Crippen LogP contribution in [0.5, 0.6) is 5.75 Å². The van der Waals surface area contributed by atoms with Crippen LogP contribution in [0.4, 0.5) is 0 Å². The second-order valence-corrected chi connectivity index (χ2v) is 5.71. The predicted molar refractivity (Wildman–Crippen MR) is 91.3 cm³/mol. The Kier molecular flexibility index (Phi) is 4.22. The van der Waals surface area contributed by atoms with Gasteiger partial charge in [0, 0.05) is 0 Å². The van der Waals surface area contributed by atoms with Crippen molar-refractivity contribution < 1.29 is 4.74 Å². The number of hydrogen-bond acceptors (Lipinski definition) is 1. The van der Waals surface area contributed by atoms with Crippen LogP contribution >= 0.6 is 0 Å². The molecule has 0 bridgehead atoms. The quantitative estimate of drug-likeness (QED) is 0.741. The van der Waals surface area contributed by atoms with Gasteiger partial charge in [0.25, 0.3) is 0 Å². The summed E-state index contributed by atoms with van der Waals surface area (Å²) in [6.45, 7) is 15.3. The molecule has 0 radical (unpaired) electrons. The van der Waals surface area contributed by atoms with Crippen LogP contribution < -0.4 is 4.74 Å². The van der Waals surface area contributed by atoms with E-state index in [1.807, 2.05) is 12.1 Å². The van der Waals surface area contributed by atoms with Gasteiger partial charge in [0.2, 0.25) is 0 Å². The van der Waals surface area contributed by atoms with Gasteiger partial charge in [-0.25, -0.2) is 0 Å². The summed E-state index contributed by atoms with van der Waals surface area (Å²) in [7, 11) is 1.69. The lowest BCUT2D eigenvalue weighted by molar-refractivity contribution is 0.415. The highest BCUT2D eigenvalue weighted by molar-refractivity contribution is 5.83. The van der Waals surface area contributed by atoms with Crippen molar-refractivity contribution in [2.75, 3.05) is 7.11 Å². The average Bonchev–Trinajstić information content (AvgIpc) is 2.51. The minimum absolute atomic E-state index is 0.872. The molecule has 0 saturated carbocycles. The van der Waals surface area contributed by atoms with E-state index in [4.69, 9.17) is 4.74 Å². The van der Waals surface area contributed by atoms with Crippen molar-refractivity contribution in [3.63, 3.8) is 0 Å². The standard InChI is InChI=1S/C20H24O/c1-12-13(2)15(4)20(16(5)14(12)3)17(6)18-8-10-19(21-7)11-9-18/h8-11H,6H2,1-5,7H3. The third kappa shape index (κ3) is 2.61. The molecule has 0 aliphatic rings. The third-order valence-corrected chi connectivity index (χ3v) is 4.74. The number of rotatable bonds is 3. The van der Waals surface area contributed by atoms with E-state index in [-0.39, 0.29) is 0 Å². The molecule has 0 N–H and O–H groups in total. The van der Waals surface area contributed by atoms with Crippen LogP contribution in [0.25, 0.3) is 5.57 Å². The predicted octanol–water partition coefficient (Wildman–Crippen LogP) is 5.30. The summed E-state index contributed by atoms with van der Waals surface area (Å²) in [5.41, 5.74) is 10.3. The Bertz CT molecular complexity index is 662. The fraction of sp³-hybridized carbons (Fsp3) is 0.300. The minimum Gasteiger partial charge on any atom is -0.497 e. The highest BCUT2D eigenvalue weighted by Gasteiger charge is 2.15. The van der Waals surface area contributed by atoms with E-state index < -0.39 is 0 Å². The molecule has 0 spiro atoms. The molecule has 21 heavy (non-hydrogen) atoms. The maximum atomic E-state index is 5.23. The van der Waals surface area contributed by atoms with Gasteiger partial charge in [0.15, 0.2) is 0 Å². The van der Waals surface area contributed by atoms with Gasteiger partial charge in [-0.05, 0) is 91.3 Å². The zero-order chi connectivity index (χ0) is 15.7. The van der Waals surface area contributed by atoms with Gasteiger partial charge in [-0.3, -0.25) is 0 Å². The first-order chi connectivity index (χ1) is 9.88. The molecule has 0 aliphatic heterocycles. The molecule has 1 nitrogen and oxygen atoms in total. The summed E-state index contributed by atoms with van der Waals surface area (Å²) >= 11 is 0. The second-order valence-electron chi connectivity index (χ2n) is 5.71. The number of hydrogen-bond donors (Lipinski definition) is 0. The Hall–Kier alpha value is -2.02. The van der Waals surface area contributed by atoms with Crippen molar-refractivity contribution in [1.29, 1.82) is 0 Å². The van der Waals surface area contributed by atoms with Crippen molar-refractivity contribution in [1.82, 2.24) is 0 Å². The first kappa shape index (κ1) is 15.4. The Labute approximate surface area is 128 Å². The first-order valence-electron chi connectivity index (χ1n) is 7.29. The van der Waals surface area contributed by atoms with Gasteiger partial charge in [-0.1, -0.05) is 18.7 Å². The van der Waals surface area contributed by atoms with E-state index in [1.54, 1.807) is 7.11 Å². The SMILES string of the molecule is C=C(c1ccc(OC)cc1)c1c(C)c(C)c(C)c(C)c1C. The molecule has 1 heteroatoms. The molecule has 0 amide bonds. The van der Waals surface area contributed by atoms with E-state index in [9.17, 15) is 0 Å². The lowest BCUT2D eigenvalue weighted by Gasteiger charge is -2.20. The molecular formula is C20H24O. The summed E-state index contributed by atoms with van der Waals surface area (Å²) in [4.78, 5) is 0. The average molecular weight is 280 g/mol. The molecule has 0 fully saturated rings. The van der Waals surface area contributed by atoms with Crippen LogP contribution in [-0.2, 0) is 0 Å². The highest BCUT2D eigenvalue weighted by atomic mass is 16.5. The monoisotopic (exact) mass is 280 g/mol. The van der Waals surface area contributed by atoms with E-state index in [0.29, 0.717) is 0 Å². The van der Waals surface area contributed by atoms with Gasteiger partial charge >= 0.3 is 0 Å². The van der Waals surface area contributed by atoms with Crippen molar-refractivity contribution in [3.8, 4) is 5.75 Å². The van der Waals surface area contributed by atoms with Crippen molar-refractivity contribution in [2.45, 2.75) is 34.6 Å². The largest absolute Gasteiger partial charge is 0.497 e. The molecule has 2 aromatic rings. The summed E-state index contributed by atoms with van der Waals surface area (Å²) in [6, 6.07) is 8.12. The Morgan fingerprint density at radius 3 is 1.62 bits per heavy atom. The fourth-order valence-corrected chi connectivity index (χ4v) is 2.89. The number of methoxy groups -OCH3 is 1. The molecule has 0 aliphatic carbocycles. The van der Waals surface area contributed by atoms with Gasteiger partial charge < -0.3 is 4.74 Å². The van der Waals surface area contributed by atoms with Crippen molar-refractivity contribution >= 4 is 5.57 Å². The van der Waals surface area contributed by atoms with Crippen LogP contribution in [0.3, 0.4) is 0 Å². The number of ether oxygens (including phenoxy) is 1. The lowest BCUT2D eigenvalue weighted by atomic mass is 9.84. The molecule has 0 heterocycles. The third-order valence-electron chi connectivity index (χ3n) is 4.74. The molecule has 0 atom stereocenters. The number of benzene rings is 2. The minimum atomic E-state index is 0.872. The van der Waals surface area contributed by atoms with Crippen LogP contribution in [-0.4, -0.2) is 7.11 Å². The van der Waals surface area contributed by atoms with E-state index in [2.05, 4.69) is 53.3 Å². The van der Waals surface area contributed by atoms with E-state index in [1.165, 1.54) is 33.4 Å². The maximum absolute atomic E-state index is 5.23. The highest BCUT2D eigenvalue weighted by Crippen LogP contribution is 2.33. The van der Waals surface area contributed by atoms with Crippen LogP contribution in [0.2, 0.25) is 0 Å². The van der Waals surface area contributed by atoms with Crippen LogP contribution in [0.15, 0.2) is 30.8 Å². The van der Waals surface area contributed by atoms with Gasteiger partial charge in [-0.15, -0.1) is 0 Å². The second kappa shape index (κ2) is 5.77.